The summed E-state index contributed by atoms with van der Waals surface area (Å²) in [5, 5.41) is 9.00. The average molecular weight is 331 g/mol. The Morgan fingerprint density at radius 2 is 2.05 bits per heavy atom. The van der Waals surface area contributed by atoms with Gasteiger partial charge >= 0.3 is 5.97 Å². The lowest BCUT2D eigenvalue weighted by atomic mass is 10.3. The van der Waals surface area contributed by atoms with Crippen molar-refractivity contribution < 1.29 is 22.7 Å². The molecule has 0 saturated heterocycles. The fraction of sp³-hybridized carbons (Fsp3) is 0. The standard InChI is InChI=1S/C12H8ClFN2O4S/c13-7-3-4-10(9(14)6-7)21(19,20)16-11-8(12(17)18)2-1-5-15-11/h1-6H,(H,15,16)(H,17,18). The van der Waals surface area contributed by atoms with Crippen molar-refractivity contribution in [3.63, 3.8) is 0 Å². The minimum Gasteiger partial charge on any atom is -0.478 e. The van der Waals surface area contributed by atoms with E-state index in [0.717, 1.165) is 12.1 Å². The average Bonchev–Trinajstić information content (AvgIpc) is 2.37. The Balaban J connectivity index is 2.45. The van der Waals surface area contributed by atoms with Crippen molar-refractivity contribution in [3.05, 3.63) is 52.9 Å². The predicted molar refractivity (Wildman–Crippen MR) is 73.4 cm³/mol. The van der Waals surface area contributed by atoms with E-state index in [1.54, 1.807) is 0 Å². The van der Waals surface area contributed by atoms with Crippen LogP contribution in [-0.4, -0.2) is 24.5 Å². The number of hydrogen-bond acceptors (Lipinski definition) is 4. The van der Waals surface area contributed by atoms with Crippen LogP contribution in [0.2, 0.25) is 5.02 Å². The van der Waals surface area contributed by atoms with Crippen LogP contribution in [0.4, 0.5) is 10.2 Å². The summed E-state index contributed by atoms with van der Waals surface area (Å²) in [6.07, 6.45) is 1.21. The van der Waals surface area contributed by atoms with E-state index in [1.165, 1.54) is 24.4 Å². The molecule has 0 aliphatic heterocycles. The molecule has 0 saturated carbocycles. The number of pyridine rings is 1. The Hall–Kier alpha value is -2.19. The van der Waals surface area contributed by atoms with Gasteiger partial charge in [-0.25, -0.2) is 22.6 Å². The van der Waals surface area contributed by atoms with Gasteiger partial charge in [0.05, 0.1) is 0 Å². The Morgan fingerprint density at radius 3 is 2.67 bits per heavy atom. The largest absolute Gasteiger partial charge is 0.478 e. The number of nitrogens with zero attached hydrogens (tertiary/aromatic N) is 1. The maximum atomic E-state index is 13.7. The second-order valence-electron chi connectivity index (χ2n) is 3.88. The van der Waals surface area contributed by atoms with Gasteiger partial charge in [-0.15, -0.1) is 0 Å². The second kappa shape index (κ2) is 5.66. The van der Waals surface area contributed by atoms with Gasteiger partial charge in [-0.1, -0.05) is 11.6 Å². The van der Waals surface area contributed by atoms with Crippen molar-refractivity contribution in [1.82, 2.24) is 4.98 Å². The summed E-state index contributed by atoms with van der Waals surface area (Å²) in [5.41, 5.74) is -0.351. The molecule has 2 rings (SSSR count). The molecule has 0 atom stereocenters. The van der Waals surface area contributed by atoms with Crippen molar-refractivity contribution in [3.8, 4) is 0 Å². The molecule has 0 unspecified atom stereocenters. The van der Waals surface area contributed by atoms with Crippen molar-refractivity contribution in [1.29, 1.82) is 0 Å². The molecule has 6 nitrogen and oxygen atoms in total. The predicted octanol–water partition coefficient (Wildman–Crippen LogP) is 2.37. The zero-order valence-electron chi connectivity index (χ0n) is 10.2. The minimum absolute atomic E-state index is 0.0375. The number of carbonyl (C=O) groups is 1. The summed E-state index contributed by atoms with van der Waals surface area (Å²) in [4.78, 5) is 14.0. The number of benzene rings is 1. The molecule has 0 amide bonds. The first-order valence-electron chi connectivity index (χ1n) is 5.47. The highest BCUT2D eigenvalue weighted by molar-refractivity contribution is 7.92. The van der Waals surface area contributed by atoms with E-state index in [2.05, 4.69) is 4.98 Å². The number of carboxylic acids is 1. The molecule has 21 heavy (non-hydrogen) atoms. The lowest BCUT2D eigenvalue weighted by Crippen LogP contribution is -2.17. The normalized spacial score (nSPS) is 11.1. The van der Waals surface area contributed by atoms with E-state index in [4.69, 9.17) is 16.7 Å². The molecule has 0 radical (unpaired) electrons. The summed E-state index contributed by atoms with van der Waals surface area (Å²) >= 11 is 5.55. The Labute approximate surface area is 124 Å². The summed E-state index contributed by atoms with van der Waals surface area (Å²) in [6, 6.07) is 5.53. The van der Waals surface area contributed by atoms with E-state index < -0.39 is 32.5 Å². The van der Waals surface area contributed by atoms with Crippen LogP contribution in [0, 0.1) is 5.82 Å². The van der Waals surface area contributed by atoms with Crippen molar-refractivity contribution in [2.24, 2.45) is 0 Å². The molecular formula is C12H8ClFN2O4S. The summed E-state index contributed by atoms with van der Waals surface area (Å²) in [7, 11) is -4.33. The van der Waals surface area contributed by atoms with Gasteiger partial charge in [0, 0.05) is 11.2 Å². The van der Waals surface area contributed by atoms with Crippen LogP contribution >= 0.6 is 11.6 Å². The Morgan fingerprint density at radius 1 is 1.33 bits per heavy atom. The second-order valence-corrected chi connectivity index (χ2v) is 5.97. The van der Waals surface area contributed by atoms with E-state index in [9.17, 15) is 17.6 Å². The Bertz CT molecular complexity index is 811. The van der Waals surface area contributed by atoms with Crippen LogP contribution in [0.25, 0.3) is 0 Å². The maximum Gasteiger partial charge on any atom is 0.339 e. The number of sulfonamides is 1. The molecule has 0 aliphatic rings. The van der Waals surface area contributed by atoms with E-state index in [1.807, 2.05) is 4.72 Å². The van der Waals surface area contributed by atoms with Crippen LogP contribution in [-0.2, 0) is 10.0 Å². The summed E-state index contributed by atoms with van der Waals surface area (Å²) in [6.45, 7) is 0. The maximum absolute atomic E-state index is 13.7. The number of rotatable bonds is 4. The number of anilines is 1. The molecule has 2 aromatic rings. The number of aromatic nitrogens is 1. The fourth-order valence-electron chi connectivity index (χ4n) is 1.53. The molecule has 0 aliphatic carbocycles. The first-order valence-corrected chi connectivity index (χ1v) is 7.33. The summed E-state index contributed by atoms with van der Waals surface area (Å²) < 4.78 is 39.8. The molecule has 0 bridgehead atoms. The lowest BCUT2D eigenvalue weighted by molar-refractivity contribution is 0.0697. The van der Waals surface area contributed by atoms with E-state index >= 15 is 0 Å². The first-order chi connectivity index (χ1) is 9.81. The van der Waals surface area contributed by atoms with Crippen LogP contribution in [0.1, 0.15) is 10.4 Å². The SMILES string of the molecule is O=C(O)c1cccnc1NS(=O)(=O)c1ccc(Cl)cc1F. The molecule has 110 valence electrons. The molecule has 0 fully saturated rings. The topological polar surface area (TPSA) is 96.4 Å². The number of carboxylic acid groups (broad SMARTS) is 1. The first kappa shape index (κ1) is 15.2. The number of nitrogens with one attached hydrogen (secondary N) is 1. The van der Waals surface area contributed by atoms with Crippen LogP contribution in [0.3, 0.4) is 0 Å². The lowest BCUT2D eigenvalue weighted by Gasteiger charge is -2.10. The van der Waals surface area contributed by atoms with Crippen molar-refractivity contribution in [2.45, 2.75) is 4.90 Å². The van der Waals surface area contributed by atoms with Gasteiger partial charge in [-0.3, -0.25) is 4.72 Å². The zero-order chi connectivity index (χ0) is 15.6. The van der Waals surface area contributed by atoms with Gasteiger partial charge < -0.3 is 5.11 Å². The van der Waals surface area contributed by atoms with Crippen LogP contribution in [0.5, 0.6) is 0 Å². The highest BCUT2D eigenvalue weighted by atomic mass is 35.5. The molecule has 1 aromatic carbocycles. The number of halogens is 2. The molecular weight excluding hydrogens is 323 g/mol. The van der Waals surface area contributed by atoms with Gasteiger partial charge in [0.1, 0.15) is 16.3 Å². The van der Waals surface area contributed by atoms with Crippen LogP contribution < -0.4 is 4.72 Å². The van der Waals surface area contributed by atoms with Crippen molar-refractivity contribution >= 4 is 33.4 Å². The smallest absolute Gasteiger partial charge is 0.339 e. The molecule has 0 spiro atoms. The molecule has 1 heterocycles. The van der Waals surface area contributed by atoms with Gasteiger partial charge in [0.15, 0.2) is 5.82 Å². The van der Waals surface area contributed by atoms with Gasteiger partial charge in [0.2, 0.25) is 0 Å². The van der Waals surface area contributed by atoms with Gasteiger partial charge in [-0.2, -0.15) is 0 Å². The van der Waals surface area contributed by atoms with E-state index in [-0.39, 0.29) is 10.6 Å². The number of hydrogen-bond donors (Lipinski definition) is 2. The van der Waals surface area contributed by atoms with Crippen molar-refractivity contribution in [2.75, 3.05) is 4.72 Å². The third kappa shape index (κ3) is 3.29. The Kier molecular flexibility index (Phi) is 4.10. The molecule has 9 heteroatoms. The molecule has 2 N–H and O–H groups in total. The minimum atomic E-state index is -4.33. The zero-order valence-corrected chi connectivity index (χ0v) is 11.8. The van der Waals surface area contributed by atoms with Crippen LogP contribution in [0.15, 0.2) is 41.4 Å². The fourth-order valence-corrected chi connectivity index (χ4v) is 2.78. The summed E-state index contributed by atoms with van der Waals surface area (Å²) in [5.74, 6) is -2.82. The third-order valence-electron chi connectivity index (χ3n) is 2.45. The highest BCUT2D eigenvalue weighted by Gasteiger charge is 2.22. The molecule has 1 aromatic heterocycles. The quantitative estimate of drug-likeness (QED) is 0.897. The van der Waals surface area contributed by atoms with Gasteiger partial charge in [0.25, 0.3) is 10.0 Å². The number of aromatic carboxylic acids is 1. The van der Waals surface area contributed by atoms with Gasteiger partial charge in [-0.05, 0) is 30.3 Å². The van der Waals surface area contributed by atoms with E-state index in [0.29, 0.717) is 0 Å². The monoisotopic (exact) mass is 330 g/mol. The highest BCUT2D eigenvalue weighted by Crippen LogP contribution is 2.22. The third-order valence-corrected chi connectivity index (χ3v) is 4.06.